The van der Waals surface area contributed by atoms with Crippen LogP contribution in [0.3, 0.4) is 0 Å². The lowest BCUT2D eigenvalue weighted by atomic mass is 10.1. The topological polar surface area (TPSA) is 124 Å². The van der Waals surface area contributed by atoms with Gasteiger partial charge in [0.2, 0.25) is 0 Å². The van der Waals surface area contributed by atoms with Gasteiger partial charge in [-0.2, -0.15) is 5.10 Å². The van der Waals surface area contributed by atoms with Gasteiger partial charge in [0.05, 0.1) is 24.4 Å². The fourth-order valence-electron chi connectivity index (χ4n) is 5.05. The zero-order valence-corrected chi connectivity index (χ0v) is 21.1. The minimum atomic E-state index is -0.120. The summed E-state index contributed by atoms with van der Waals surface area (Å²) in [6.45, 7) is 2.81. The lowest BCUT2D eigenvalue weighted by molar-refractivity contribution is 0.0937. The SMILES string of the molecule is NC[C@@H]1CCCO1.O=C(NCC1CCCC1)c1c(-c2ccc3[nH]ncc3c2)nnn1Cc1ccccc1. The van der Waals surface area contributed by atoms with Gasteiger partial charge in [-0.15, -0.1) is 5.10 Å². The van der Waals surface area contributed by atoms with Crippen molar-refractivity contribution in [3.8, 4) is 11.3 Å². The summed E-state index contributed by atoms with van der Waals surface area (Å²) in [5.41, 5.74) is 9.28. The molecule has 0 bridgehead atoms. The molecule has 4 aromatic rings. The fourth-order valence-corrected chi connectivity index (χ4v) is 5.05. The number of H-pyrrole nitrogens is 1. The lowest BCUT2D eigenvalue weighted by Gasteiger charge is -2.12. The summed E-state index contributed by atoms with van der Waals surface area (Å²) >= 11 is 0. The maximum atomic E-state index is 13.3. The normalized spacial score (nSPS) is 17.6. The van der Waals surface area contributed by atoms with Gasteiger partial charge in [-0.3, -0.25) is 9.89 Å². The number of nitrogens with two attached hydrogens (primary N) is 1. The number of nitrogens with zero attached hydrogens (tertiary/aromatic N) is 4. The zero-order chi connectivity index (χ0) is 25.5. The molecule has 0 unspecified atom stereocenters. The predicted molar refractivity (Wildman–Crippen MR) is 143 cm³/mol. The number of carbonyl (C=O) groups is 1. The molecular formula is C28H35N7O2. The molecule has 9 heteroatoms. The third-order valence-corrected chi connectivity index (χ3v) is 7.15. The number of nitrogens with one attached hydrogen (secondary N) is 2. The molecule has 4 N–H and O–H groups in total. The minimum absolute atomic E-state index is 0.120. The molecule has 3 heterocycles. The van der Waals surface area contributed by atoms with Gasteiger partial charge in [0.1, 0.15) is 5.69 Å². The van der Waals surface area contributed by atoms with E-state index in [2.05, 4.69) is 25.8 Å². The molecule has 0 spiro atoms. The smallest absolute Gasteiger partial charge is 0.271 e. The fraction of sp³-hybridized carbons (Fsp3) is 0.429. The summed E-state index contributed by atoms with van der Waals surface area (Å²) in [5, 5.41) is 19.9. The molecule has 1 aliphatic heterocycles. The molecule has 2 aromatic carbocycles. The number of ether oxygens (including phenoxy) is 1. The summed E-state index contributed by atoms with van der Waals surface area (Å²) < 4.78 is 6.88. The second-order valence-electron chi connectivity index (χ2n) is 9.83. The average molecular weight is 502 g/mol. The van der Waals surface area contributed by atoms with Crippen LogP contribution in [0.15, 0.2) is 54.7 Å². The molecule has 1 atom stereocenters. The highest BCUT2D eigenvalue weighted by molar-refractivity contribution is 5.99. The van der Waals surface area contributed by atoms with Crippen molar-refractivity contribution in [3.63, 3.8) is 0 Å². The van der Waals surface area contributed by atoms with E-state index in [0.29, 0.717) is 43.0 Å². The third kappa shape index (κ3) is 6.23. The number of aromatic nitrogens is 5. The maximum Gasteiger partial charge on any atom is 0.271 e. The van der Waals surface area contributed by atoms with Crippen molar-refractivity contribution in [2.24, 2.45) is 11.7 Å². The average Bonchev–Trinajstić information content (AvgIpc) is 3.75. The molecule has 0 radical (unpaired) electrons. The van der Waals surface area contributed by atoms with Crippen molar-refractivity contribution >= 4 is 16.8 Å². The van der Waals surface area contributed by atoms with E-state index in [1.54, 1.807) is 10.9 Å². The van der Waals surface area contributed by atoms with Gasteiger partial charge in [0, 0.05) is 30.6 Å². The lowest BCUT2D eigenvalue weighted by Crippen LogP contribution is -2.31. The first-order valence-electron chi connectivity index (χ1n) is 13.2. The number of amides is 1. The molecule has 1 saturated heterocycles. The largest absolute Gasteiger partial charge is 0.377 e. The van der Waals surface area contributed by atoms with Crippen LogP contribution < -0.4 is 11.1 Å². The van der Waals surface area contributed by atoms with Gasteiger partial charge in [0.25, 0.3) is 5.91 Å². The molecule has 194 valence electrons. The molecule has 2 aromatic heterocycles. The monoisotopic (exact) mass is 501 g/mol. The highest BCUT2D eigenvalue weighted by Gasteiger charge is 2.24. The number of aromatic amines is 1. The number of hydrogen-bond acceptors (Lipinski definition) is 6. The molecule has 9 nitrogen and oxygen atoms in total. The Hall–Kier alpha value is -3.56. The first-order valence-corrected chi connectivity index (χ1v) is 13.2. The Kier molecular flexibility index (Phi) is 8.22. The van der Waals surface area contributed by atoms with Crippen molar-refractivity contribution in [3.05, 3.63) is 66.0 Å². The first-order chi connectivity index (χ1) is 18.2. The summed E-state index contributed by atoms with van der Waals surface area (Å²) in [5.74, 6) is 0.447. The van der Waals surface area contributed by atoms with Crippen molar-refractivity contribution in [2.45, 2.75) is 51.2 Å². The number of fused-ring (bicyclic) bond motifs is 1. The molecule has 37 heavy (non-hydrogen) atoms. The second-order valence-corrected chi connectivity index (χ2v) is 9.83. The van der Waals surface area contributed by atoms with Gasteiger partial charge in [-0.25, -0.2) is 4.68 Å². The molecule has 2 aliphatic rings. The quantitative estimate of drug-likeness (QED) is 0.353. The first kappa shape index (κ1) is 25.1. The van der Waals surface area contributed by atoms with Crippen molar-refractivity contribution in [1.29, 1.82) is 0 Å². The summed E-state index contributed by atoms with van der Waals surface area (Å²) in [4.78, 5) is 13.3. The van der Waals surface area contributed by atoms with Crippen LogP contribution in [-0.4, -0.2) is 56.9 Å². The summed E-state index contributed by atoms with van der Waals surface area (Å²) in [6.07, 6.45) is 9.39. The second kappa shape index (κ2) is 12.1. The van der Waals surface area contributed by atoms with Gasteiger partial charge in [0.15, 0.2) is 5.69 Å². The van der Waals surface area contributed by atoms with Crippen LogP contribution in [-0.2, 0) is 11.3 Å². The van der Waals surface area contributed by atoms with Gasteiger partial charge in [-0.05, 0) is 49.3 Å². The van der Waals surface area contributed by atoms with Crippen LogP contribution in [0, 0.1) is 5.92 Å². The minimum Gasteiger partial charge on any atom is -0.377 e. The number of hydrogen-bond donors (Lipinski definition) is 3. The molecule has 1 aliphatic carbocycles. The maximum absolute atomic E-state index is 13.3. The van der Waals surface area contributed by atoms with Crippen LogP contribution in [0.5, 0.6) is 0 Å². The Morgan fingerprint density at radius 1 is 1.11 bits per heavy atom. The van der Waals surface area contributed by atoms with Gasteiger partial charge >= 0.3 is 0 Å². The van der Waals surface area contributed by atoms with E-state index in [4.69, 9.17) is 10.5 Å². The van der Waals surface area contributed by atoms with Crippen molar-refractivity contribution < 1.29 is 9.53 Å². The zero-order valence-electron chi connectivity index (χ0n) is 21.1. The van der Waals surface area contributed by atoms with Crippen molar-refractivity contribution in [2.75, 3.05) is 19.7 Å². The molecule has 2 fully saturated rings. The Bertz CT molecular complexity index is 1290. The molecule has 1 amide bonds. The Morgan fingerprint density at radius 2 is 1.95 bits per heavy atom. The van der Waals surface area contributed by atoms with Crippen LogP contribution in [0.2, 0.25) is 0 Å². The van der Waals surface area contributed by atoms with E-state index in [0.717, 1.165) is 35.1 Å². The number of benzene rings is 2. The van der Waals surface area contributed by atoms with Crippen LogP contribution in [0.4, 0.5) is 0 Å². The van der Waals surface area contributed by atoms with E-state index in [1.165, 1.54) is 32.1 Å². The van der Waals surface area contributed by atoms with Crippen LogP contribution >= 0.6 is 0 Å². The van der Waals surface area contributed by atoms with E-state index < -0.39 is 0 Å². The standard InChI is InChI=1S/C23H24N6O.C5H11NO/c30-23(24-13-16-6-4-5-7-16)22-21(18-10-11-20-19(12-18)14-25-26-20)27-28-29(22)15-17-8-2-1-3-9-17;6-4-5-2-1-3-7-5/h1-3,8-12,14,16H,4-7,13,15H2,(H,24,30)(H,25,26);5H,1-4,6H2/t;5-/m.0/s1. The third-order valence-electron chi connectivity index (χ3n) is 7.15. The van der Waals surface area contributed by atoms with Crippen LogP contribution in [0.1, 0.15) is 54.6 Å². The molecule has 6 rings (SSSR count). The van der Waals surface area contributed by atoms with Gasteiger partial charge < -0.3 is 15.8 Å². The van der Waals surface area contributed by atoms with E-state index in [1.807, 2.05) is 48.5 Å². The molecule has 1 saturated carbocycles. The summed E-state index contributed by atoms with van der Waals surface area (Å²) in [7, 11) is 0. The molecular weight excluding hydrogens is 466 g/mol. The van der Waals surface area contributed by atoms with E-state index in [-0.39, 0.29) is 5.91 Å². The summed E-state index contributed by atoms with van der Waals surface area (Å²) in [6, 6.07) is 15.9. The predicted octanol–water partition coefficient (Wildman–Crippen LogP) is 3.91. The van der Waals surface area contributed by atoms with Crippen LogP contribution in [0.25, 0.3) is 22.2 Å². The number of carbonyl (C=O) groups excluding carboxylic acids is 1. The van der Waals surface area contributed by atoms with Gasteiger partial charge in [-0.1, -0.05) is 54.5 Å². The highest BCUT2D eigenvalue weighted by atomic mass is 16.5. The number of rotatable bonds is 7. The Morgan fingerprint density at radius 3 is 2.68 bits per heavy atom. The van der Waals surface area contributed by atoms with Crippen molar-refractivity contribution in [1.82, 2.24) is 30.5 Å². The van der Waals surface area contributed by atoms with E-state index in [9.17, 15) is 4.79 Å². The Labute approximate surface area is 216 Å². The Balaban J connectivity index is 0.000000348. The highest BCUT2D eigenvalue weighted by Crippen LogP contribution is 2.27. The van der Waals surface area contributed by atoms with E-state index >= 15 is 0 Å².